The summed E-state index contributed by atoms with van der Waals surface area (Å²) in [5.41, 5.74) is 4.14. The third-order valence-corrected chi connectivity index (χ3v) is 8.18. The van der Waals surface area contributed by atoms with E-state index in [0.717, 1.165) is 30.5 Å². The lowest BCUT2D eigenvalue weighted by Gasteiger charge is -2.28. The number of rotatable bonds is 14. The maximum absolute atomic E-state index is 12.2. The molecule has 2 atom stereocenters. The molecule has 9 heteroatoms. The molecule has 4 rings (SSSR count). The number of carbonyl (C=O) groups is 1. The van der Waals surface area contributed by atoms with Crippen LogP contribution < -0.4 is 20.7 Å². The molecule has 1 aliphatic rings. The summed E-state index contributed by atoms with van der Waals surface area (Å²) in [6.45, 7) is 15.1. The Morgan fingerprint density at radius 1 is 1.11 bits per heavy atom. The van der Waals surface area contributed by atoms with Gasteiger partial charge >= 0.3 is 0 Å². The van der Waals surface area contributed by atoms with Gasteiger partial charge < -0.3 is 25.8 Å². The monoisotopic (exact) mass is 621 g/mol. The van der Waals surface area contributed by atoms with E-state index in [1.807, 2.05) is 32.0 Å². The summed E-state index contributed by atoms with van der Waals surface area (Å²) in [6.07, 6.45) is 2.52. The molecule has 0 bridgehead atoms. The fourth-order valence-electron chi connectivity index (χ4n) is 5.24. The summed E-state index contributed by atoms with van der Waals surface area (Å²) in [5.74, 6) is 1.85. The van der Waals surface area contributed by atoms with E-state index in [1.165, 1.54) is 18.1 Å². The van der Waals surface area contributed by atoms with Crippen molar-refractivity contribution >= 4 is 29.0 Å². The van der Waals surface area contributed by atoms with Crippen LogP contribution in [0.5, 0.6) is 5.75 Å². The average Bonchev–Trinajstić information content (AvgIpc) is 3.76. The number of nitrogens with zero attached hydrogens (tertiary/aromatic N) is 2. The Hall–Kier alpha value is -3.20. The molecule has 0 spiro atoms. The molecule has 238 valence electrons. The maximum atomic E-state index is 12.2. The van der Waals surface area contributed by atoms with Crippen LogP contribution >= 0.6 is 11.6 Å². The van der Waals surface area contributed by atoms with Crippen molar-refractivity contribution in [2.24, 2.45) is 0 Å². The highest BCUT2D eigenvalue weighted by atomic mass is 35.5. The van der Waals surface area contributed by atoms with Crippen molar-refractivity contribution in [2.45, 2.75) is 103 Å². The van der Waals surface area contributed by atoms with Crippen molar-refractivity contribution in [1.82, 2.24) is 20.6 Å². The van der Waals surface area contributed by atoms with E-state index in [9.17, 15) is 9.90 Å². The molecule has 44 heavy (non-hydrogen) atoms. The van der Waals surface area contributed by atoms with E-state index in [2.05, 4.69) is 77.9 Å². The van der Waals surface area contributed by atoms with Crippen molar-refractivity contribution in [3.05, 3.63) is 76.2 Å². The Morgan fingerprint density at radius 2 is 1.86 bits per heavy atom. The van der Waals surface area contributed by atoms with E-state index < -0.39 is 12.1 Å². The van der Waals surface area contributed by atoms with Gasteiger partial charge in [-0.3, -0.25) is 4.79 Å². The number of anilines is 2. The highest BCUT2D eigenvalue weighted by Gasteiger charge is 2.44. The van der Waals surface area contributed by atoms with Crippen LogP contribution in [0.2, 0.25) is 5.15 Å². The van der Waals surface area contributed by atoms with E-state index in [1.54, 1.807) is 6.07 Å². The minimum absolute atomic E-state index is 0.0613. The first-order valence-corrected chi connectivity index (χ1v) is 16.1. The number of halogens is 1. The average molecular weight is 622 g/mol. The second-order valence-corrected chi connectivity index (χ2v) is 13.7. The topological polar surface area (TPSA) is 108 Å². The lowest BCUT2D eigenvalue weighted by atomic mass is 9.85. The molecule has 1 fully saturated rings. The van der Waals surface area contributed by atoms with Gasteiger partial charge in [-0.2, -0.15) is 0 Å². The van der Waals surface area contributed by atoms with Gasteiger partial charge in [0, 0.05) is 31.0 Å². The van der Waals surface area contributed by atoms with E-state index in [4.69, 9.17) is 16.3 Å². The second kappa shape index (κ2) is 14.3. The minimum Gasteiger partial charge on any atom is -0.491 e. The van der Waals surface area contributed by atoms with Crippen LogP contribution in [-0.4, -0.2) is 46.3 Å². The van der Waals surface area contributed by atoms with Gasteiger partial charge in [-0.05, 0) is 59.9 Å². The SMILES string of the molecule is CCCOc1cc(C[C@H](NC(C)=O)[C@@H](O)CNC2(c3cccc(C(C)(C)C)c3)CC2)ccc1Nc1cc(Cl)nc(C(C)C)n1. The smallest absolute Gasteiger partial charge is 0.217 e. The van der Waals surface area contributed by atoms with Crippen LogP contribution in [0.25, 0.3) is 0 Å². The standard InChI is InChI=1S/C35H48ClN5O3/c1-8-16-44-30-18-24(12-13-27(30)39-32-20-31(36)40-33(41-32)22(2)3)17-28(38-23(4)42)29(43)21-37-35(14-15-35)26-11-9-10-25(19-26)34(5,6)7/h9-13,18-20,22,28-29,37,43H,8,14-17,21H2,1-7H3,(H,38,42)(H,39,40,41)/t28-,29-/m0/s1. The number of amides is 1. The lowest BCUT2D eigenvalue weighted by molar-refractivity contribution is -0.120. The Labute approximate surface area is 267 Å². The number of aliphatic hydroxyl groups excluding tert-OH is 1. The van der Waals surface area contributed by atoms with Crippen LogP contribution in [0.15, 0.2) is 48.5 Å². The number of benzene rings is 2. The summed E-state index contributed by atoms with van der Waals surface area (Å²) in [6, 6.07) is 15.8. The number of aliphatic hydroxyl groups is 1. The van der Waals surface area contributed by atoms with Crippen molar-refractivity contribution in [3.8, 4) is 5.75 Å². The number of ether oxygens (including phenoxy) is 1. The Bertz CT molecular complexity index is 1430. The van der Waals surface area contributed by atoms with Crippen LogP contribution in [0.1, 0.15) is 96.2 Å². The van der Waals surface area contributed by atoms with Crippen LogP contribution in [-0.2, 0) is 22.2 Å². The summed E-state index contributed by atoms with van der Waals surface area (Å²) >= 11 is 6.27. The zero-order valence-electron chi connectivity index (χ0n) is 27.1. The molecular weight excluding hydrogens is 574 g/mol. The van der Waals surface area contributed by atoms with Gasteiger partial charge in [0.2, 0.25) is 5.91 Å². The van der Waals surface area contributed by atoms with E-state index in [0.29, 0.717) is 42.1 Å². The normalized spacial score (nSPS) is 15.5. The fraction of sp³-hybridized carbons (Fsp3) is 0.514. The first kappa shape index (κ1) is 33.7. The van der Waals surface area contributed by atoms with Gasteiger partial charge in [0.25, 0.3) is 0 Å². The van der Waals surface area contributed by atoms with Crippen molar-refractivity contribution in [3.63, 3.8) is 0 Å². The zero-order valence-corrected chi connectivity index (χ0v) is 27.9. The molecule has 2 aromatic carbocycles. The Kier molecular flexibility index (Phi) is 10.9. The minimum atomic E-state index is -0.794. The van der Waals surface area contributed by atoms with Gasteiger partial charge in [0.05, 0.1) is 24.4 Å². The summed E-state index contributed by atoms with van der Waals surface area (Å²) in [4.78, 5) is 21.1. The fourth-order valence-corrected chi connectivity index (χ4v) is 5.43. The third kappa shape index (κ3) is 8.93. The van der Waals surface area contributed by atoms with Crippen LogP contribution in [0, 0.1) is 0 Å². The molecule has 3 aromatic rings. The van der Waals surface area contributed by atoms with Gasteiger partial charge in [-0.15, -0.1) is 0 Å². The van der Waals surface area contributed by atoms with E-state index in [-0.39, 0.29) is 22.8 Å². The molecular formula is C35H48ClN5O3. The molecule has 0 aliphatic heterocycles. The maximum Gasteiger partial charge on any atom is 0.217 e. The van der Waals surface area contributed by atoms with Gasteiger partial charge in [-0.1, -0.05) is 83.5 Å². The first-order chi connectivity index (χ1) is 20.8. The molecule has 8 nitrogen and oxygen atoms in total. The Balaban J connectivity index is 1.50. The number of nitrogens with one attached hydrogen (secondary N) is 3. The van der Waals surface area contributed by atoms with E-state index >= 15 is 0 Å². The summed E-state index contributed by atoms with van der Waals surface area (Å²) < 4.78 is 6.11. The van der Waals surface area contributed by atoms with Crippen molar-refractivity contribution in [1.29, 1.82) is 0 Å². The van der Waals surface area contributed by atoms with Crippen molar-refractivity contribution in [2.75, 3.05) is 18.5 Å². The highest BCUT2D eigenvalue weighted by Crippen LogP contribution is 2.46. The highest BCUT2D eigenvalue weighted by molar-refractivity contribution is 6.29. The second-order valence-electron chi connectivity index (χ2n) is 13.3. The quantitative estimate of drug-likeness (QED) is 0.147. The largest absolute Gasteiger partial charge is 0.491 e. The van der Waals surface area contributed by atoms with Crippen LogP contribution in [0.4, 0.5) is 11.5 Å². The number of aromatic nitrogens is 2. The first-order valence-electron chi connectivity index (χ1n) is 15.7. The number of carbonyl (C=O) groups excluding carboxylic acids is 1. The molecule has 1 amide bonds. The molecule has 1 aliphatic carbocycles. The molecule has 1 aromatic heterocycles. The lowest BCUT2D eigenvalue weighted by Crippen LogP contribution is -2.49. The predicted octanol–water partition coefficient (Wildman–Crippen LogP) is 6.77. The van der Waals surface area contributed by atoms with Gasteiger partial charge in [0.15, 0.2) is 0 Å². The molecule has 4 N–H and O–H groups in total. The molecule has 0 radical (unpaired) electrons. The third-order valence-electron chi connectivity index (χ3n) is 7.99. The predicted molar refractivity (Wildman–Crippen MR) is 178 cm³/mol. The Morgan fingerprint density at radius 3 is 2.50 bits per heavy atom. The molecule has 1 heterocycles. The zero-order chi connectivity index (χ0) is 32.1. The van der Waals surface area contributed by atoms with Gasteiger partial charge in [0.1, 0.15) is 22.5 Å². The molecule has 0 saturated heterocycles. The molecule has 0 unspecified atom stereocenters. The van der Waals surface area contributed by atoms with Gasteiger partial charge in [-0.25, -0.2) is 9.97 Å². The number of hydrogen-bond donors (Lipinski definition) is 4. The number of hydrogen-bond acceptors (Lipinski definition) is 7. The summed E-state index contributed by atoms with van der Waals surface area (Å²) in [7, 11) is 0. The van der Waals surface area contributed by atoms with Crippen molar-refractivity contribution < 1.29 is 14.6 Å². The molecule has 1 saturated carbocycles. The summed E-state index contributed by atoms with van der Waals surface area (Å²) in [5, 5.41) is 21.7. The van der Waals surface area contributed by atoms with Crippen LogP contribution in [0.3, 0.4) is 0 Å².